The van der Waals surface area contributed by atoms with Gasteiger partial charge in [0.1, 0.15) is 11.6 Å². The Bertz CT molecular complexity index is 512. The molecule has 0 saturated heterocycles. The van der Waals surface area contributed by atoms with Crippen LogP contribution >= 0.6 is 0 Å². The summed E-state index contributed by atoms with van der Waals surface area (Å²) in [5, 5.41) is 2.76. The zero-order chi connectivity index (χ0) is 11.5. The average molecular weight is 220 g/mol. The molecule has 2 aromatic rings. The van der Waals surface area contributed by atoms with Gasteiger partial charge in [0.15, 0.2) is 0 Å². The van der Waals surface area contributed by atoms with Gasteiger partial charge in [0.2, 0.25) is 0 Å². The molecule has 82 valence electrons. The molecule has 3 N–H and O–H groups in total. The first-order chi connectivity index (χ1) is 7.65. The molecule has 0 fully saturated rings. The van der Waals surface area contributed by atoms with Crippen LogP contribution in [0.2, 0.25) is 0 Å². The monoisotopic (exact) mass is 220 g/mol. The van der Waals surface area contributed by atoms with Crippen LogP contribution in [0.3, 0.4) is 0 Å². The first kappa shape index (κ1) is 10.4. The lowest BCUT2D eigenvalue weighted by molar-refractivity contribution is 0.603. The summed E-state index contributed by atoms with van der Waals surface area (Å²) < 4.78 is 26.2. The minimum absolute atomic E-state index is 0.0885. The largest absolute Gasteiger partial charge is 0.399 e. The second-order valence-electron chi connectivity index (χ2n) is 3.37. The summed E-state index contributed by atoms with van der Waals surface area (Å²) in [6.07, 6.45) is 0. The molecule has 2 aromatic carbocycles. The van der Waals surface area contributed by atoms with Gasteiger partial charge in [-0.2, -0.15) is 0 Å². The first-order valence-corrected chi connectivity index (χ1v) is 4.73. The molecule has 0 aliphatic rings. The van der Waals surface area contributed by atoms with Gasteiger partial charge in [0.05, 0.1) is 5.69 Å². The van der Waals surface area contributed by atoms with Crippen LogP contribution in [0, 0.1) is 11.6 Å². The molecule has 0 atom stereocenters. The lowest BCUT2D eigenvalue weighted by Crippen LogP contribution is -1.95. The highest BCUT2D eigenvalue weighted by Crippen LogP contribution is 2.22. The van der Waals surface area contributed by atoms with E-state index in [1.807, 2.05) is 0 Å². The molecule has 0 unspecified atom stereocenters. The Morgan fingerprint density at radius 2 is 1.81 bits per heavy atom. The molecular weight excluding hydrogens is 210 g/mol. The predicted molar refractivity (Wildman–Crippen MR) is 60.5 cm³/mol. The molecule has 0 bridgehead atoms. The average Bonchev–Trinajstić information content (AvgIpc) is 2.24. The number of rotatable bonds is 2. The van der Waals surface area contributed by atoms with Crippen molar-refractivity contribution in [1.82, 2.24) is 0 Å². The fourth-order valence-corrected chi connectivity index (χ4v) is 1.37. The molecule has 4 heteroatoms. The minimum Gasteiger partial charge on any atom is -0.399 e. The Hall–Kier alpha value is -2.10. The highest BCUT2D eigenvalue weighted by atomic mass is 19.1. The highest BCUT2D eigenvalue weighted by molar-refractivity contribution is 5.63. The maximum Gasteiger partial charge on any atom is 0.146 e. The molecule has 0 radical (unpaired) electrons. The minimum atomic E-state index is -0.510. The summed E-state index contributed by atoms with van der Waals surface area (Å²) in [6.45, 7) is 0. The van der Waals surface area contributed by atoms with Crippen LogP contribution in [0.25, 0.3) is 0 Å². The van der Waals surface area contributed by atoms with E-state index in [-0.39, 0.29) is 5.69 Å². The molecule has 2 rings (SSSR count). The van der Waals surface area contributed by atoms with E-state index in [1.165, 1.54) is 0 Å². The second kappa shape index (κ2) is 4.18. The molecule has 2 nitrogen and oxygen atoms in total. The standard InChI is InChI=1S/C12H10F2N2/c13-8-4-5-11(14)12(6-8)16-10-3-1-2-9(15)7-10/h1-7,16H,15H2. The topological polar surface area (TPSA) is 38.0 Å². The number of anilines is 3. The van der Waals surface area contributed by atoms with Crippen molar-refractivity contribution in [2.45, 2.75) is 0 Å². The third-order valence-electron chi connectivity index (χ3n) is 2.09. The molecule has 0 spiro atoms. The number of benzene rings is 2. The lowest BCUT2D eigenvalue weighted by Gasteiger charge is -2.08. The van der Waals surface area contributed by atoms with Crippen LogP contribution in [-0.4, -0.2) is 0 Å². The number of halogens is 2. The molecule has 0 heterocycles. The van der Waals surface area contributed by atoms with Crippen LogP contribution in [-0.2, 0) is 0 Å². The van der Waals surface area contributed by atoms with Gasteiger partial charge in [-0.3, -0.25) is 0 Å². The number of nitrogens with two attached hydrogens (primary N) is 1. The van der Waals surface area contributed by atoms with Crippen LogP contribution in [0.1, 0.15) is 0 Å². The van der Waals surface area contributed by atoms with Gasteiger partial charge in [-0.1, -0.05) is 6.07 Å². The van der Waals surface area contributed by atoms with Gasteiger partial charge in [0, 0.05) is 17.4 Å². The molecule has 16 heavy (non-hydrogen) atoms. The maximum atomic E-state index is 13.3. The number of hydrogen-bond acceptors (Lipinski definition) is 2. The van der Waals surface area contributed by atoms with Crippen molar-refractivity contribution in [2.75, 3.05) is 11.1 Å². The van der Waals surface area contributed by atoms with E-state index < -0.39 is 11.6 Å². The third kappa shape index (κ3) is 2.28. The van der Waals surface area contributed by atoms with Crippen molar-refractivity contribution in [3.8, 4) is 0 Å². The molecular formula is C12H10F2N2. The number of hydrogen-bond donors (Lipinski definition) is 2. The second-order valence-corrected chi connectivity index (χ2v) is 3.37. The van der Waals surface area contributed by atoms with Crippen LogP contribution in [0.4, 0.5) is 25.8 Å². The molecule has 0 aliphatic carbocycles. The van der Waals surface area contributed by atoms with Gasteiger partial charge >= 0.3 is 0 Å². The fourth-order valence-electron chi connectivity index (χ4n) is 1.37. The van der Waals surface area contributed by atoms with E-state index in [9.17, 15) is 8.78 Å². The van der Waals surface area contributed by atoms with Crippen molar-refractivity contribution in [3.63, 3.8) is 0 Å². The van der Waals surface area contributed by atoms with Crippen LogP contribution in [0.5, 0.6) is 0 Å². The van der Waals surface area contributed by atoms with Crippen molar-refractivity contribution in [3.05, 3.63) is 54.1 Å². The Balaban J connectivity index is 2.30. The fraction of sp³-hybridized carbons (Fsp3) is 0. The summed E-state index contributed by atoms with van der Waals surface area (Å²) in [6, 6.07) is 10.1. The Morgan fingerprint density at radius 1 is 1.00 bits per heavy atom. The Labute approximate surface area is 91.7 Å². The van der Waals surface area contributed by atoms with E-state index in [2.05, 4.69) is 5.32 Å². The predicted octanol–water partition coefficient (Wildman–Crippen LogP) is 3.29. The molecule has 0 amide bonds. The van der Waals surface area contributed by atoms with Crippen LogP contribution in [0.15, 0.2) is 42.5 Å². The zero-order valence-electron chi connectivity index (χ0n) is 8.37. The van der Waals surface area contributed by atoms with E-state index >= 15 is 0 Å². The first-order valence-electron chi connectivity index (χ1n) is 4.73. The van der Waals surface area contributed by atoms with E-state index in [1.54, 1.807) is 24.3 Å². The summed E-state index contributed by atoms with van der Waals surface area (Å²) in [5.41, 5.74) is 6.83. The van der Waals surface area contributed by atoms with Crippen molar-refractivity contribution in [1.29, 1.82) is 0 Å². The number of nitrogens with one attached hydrogen (secondary N) is 1. The summed E-state index contributed by atoms with van der Waals surface area (Å²) >= 11 is 0. The van der Waals surface area contributed by atoms with Crippen LogP contribution < -0.4 is 11.1 Å². The Kier molecular flexibility index (Phi) is 2.72. The normalized spacial score (nSPS) is 10.1. The summed E-state index contributed by atoms with van der Waals surface area (Å²) in [5.74, 6) is -1.00. The molecule has 0 saturated carbocycles. The molecule has 0 aromatic heterocycles. The van der Waals surface area contributed by atoms with Gasteiger partial charge in [0.25, 0.3) is 0 Å². The maximum absolute atomic E-state index is 13.3. The van der Waals surface area contributed by atoms with Crippen molar-refractivity contribution in [2.24, 2.45) is 0 Å². The zero-order valence-corrected chi connectivity index (χ0v) is 8.37. The molecule has 0 aliphatic heterocycles. The Morgan fingerprint density at radius 3 is 2.56 bits per heavy atom. The lowest BCUT2D eigenvalue weighted by atomic mass is 10.2. The summed E-state index contributed by atoms with van der Waals surface area (Å²) in [4.78, 5) is 0. The van der Waals surface area contributed by atoms with Gasteiger partial charge in [-0.15, -0.1) is 0 Å². The van der Waals surface area contributed by atoms with Gasteiger partial charge in [-0.25, -0.2) is 8.78 Å². The third-order valence-corrected chi connectivity index (χ3v) is 2.09. The van der Waals surface area contributed by atoms with E-state index in [0.717, 1.165) is 18.2 Å². The van der Waals surface area contributed by atoms with E-state index in [4.69, 9.17) is 5.73 Å². The summed E-state index contributed by atoms with van der Waals surface area (Å²) in [7, 11) is 0. The van der Waals surface area contributed by atoms with Gasteiger partial charge < -0.3 is 11.1 Å². The van der Waals surface area contributed by atoms with Gasteiger partial charge in [-0.05, 0) is 30.3 Å². The quantitative estimate of drug-likeness (QED) is 0.762. The highest BCUT2D eigenvalue weighted by Gasteiger charge is 2.03. The van der Waals surface area contributed by atoms with Crippen molar-refractivity contribution < 1.29 is 8.78 Å². The SMILES string of the molecule is Nc1cccc(Nc2cc(F)ccc2F)c1. The smallest absolute Gasteiger partial charge is 0.146 e. The number of nitrogen functional groups attached to an aromatic ring is 1. The van der Waals surface area contributed by atoms with Crippen molar-refractivity contribution >= 4 is 17.1 Å². The van der Waals surface area contributed by atoms with E-state index in [0.29, 0.717) is 11.4 Å².